The summed E-state index contributed by atoms with van der Waals surface area (Å²) in [6.07, 6.45) is -4.97. The van der Waals surface area contributed by atoms with E-state index in [0.717, 1.165) is 24.3 Å². The first-order valence-corrected chi connectivity index (χ1v) is 5.86. The molecule has 0 fully saturated rings. The molecular formula is C14H8F6O2. The first-order valence-electron chi connectivity index (χ1n) is 5.86. The Labute approximate surface area is 120 Å². The van der Waals surface area contributed by atoms with Crippen LogP contribution in [0, 0.1) is 5.82 Å². The summed E-state index contributed by atoms with van der Waals surface area (Å²) >= 11 is 0. The van der Waals surface area contributed by atoms with E-state index in [9.17, 15) is 26.3 Å². The Kier molecular flexibility index (Phi) is 4.48. The molecule has 0 aromatic heterocycles. The third kappa shape index (κ3) is 4.06. The van der Waals surface area contributed by atoms with Crippen LogP contribution in [-0.2, 0) is 0 Å². The van der Waals surface area contributed by atoms with Crippen LogP contribution in [0.3, 0.4) is 0 Å². The fourth-order valence-corrected chi connectivity index (χ4v) is 1.79. The maximum Gasteiger partial charge on any atom is 0.573 e. The van der Waals surface area contributed by atoms with Crippen molar-refractivity contribution in [2.45, 2.75) is 13.0 Å². The molecule has 0 aliphatic rings. The molecule has 0 amide bonds. The molecule has 8 heteroatoms. The Hall–Kier alpha value is -2.38. The van der Waals surface area contributed by atoms with Gasteiger partial charge >= 0.3 is 13.0 Å². The molecule has 0 bridgehead atoms. The second-order valence-electron chi connectivity index (χ2n) is 4.06. The average Bonchev–Trinajstić information content (AvgIpc) is 2.39. The van der Waals surface area contributed by atoms with Crippen LogP contribution in [0.1, 0.15) is 0 Å². The average molecular weight is 322 g/mol. The van der Waals surface area contributed by atoms with Crippen molar-refractivity contribution in [2.24, 2.45) is 0 Å². The summed E-state index contributed by atoms with van der Waals surface area (Å²) < 4.78 is 83.1. The highest BCUT2D eigenvalue weighted by Crippen LogP contribution is 2.36. The van der Waals surface area contributed by atoms with E-state index < -0.39 is 24.5 Å². The number of hydrogen-bond donors (Lipinski definition) is 0. The van der Waals surface area contributed by atoms with E-state index in [4.69, 9.17) is 0 Å². The molecule has 2 aromatic rings. The molecule has 118 valence electrons. The van der Waals surface area contributed by atoms with Gasteiger partial charge in [0.2, 0.25) is 0 Å². The Bertz CT molecular complexity index is 654. The first-order chi connectivity index (χ1) is 10.3. The maximum absolute atomic E-state index is 13.8. The van der Waals surface area contributed by atoms with Crippen molar-refractivity contribution in [1.29, 1.82) is 0 Å². The van der Waals surface area contributed by atoms with Crippen molar-refractivity contribution >= 4 is 0 Å². The van der Waals surface area contributed by atoms with Crippen LogP contribution in [0.25, 0.3) is 11.1 Å². The second kappa shape index (κ2) is 6.17. The van der Waals surface area contributed by atoms with Gasteiger partial charge in [-0.15, -0.1) is 13.2 Å². The van der Waals surface area contributed by atoms with Gasteiger partial charge in [-0.3, -0.25) is 0 Å². The molecule has 22 heavy (non-hydrogen) atoms. The molecule has 0 N–H and O–H groups in total. The predicted octanol–water partition coefficient (Wildman–Crippen LogP) is 4.99. The lowest BCUT2D eigenvalue weighted by atomic mass is 10.0. The van der Waals surface area contributed by atoms with Crippen molar-refractivity contribution < 1.29 is 35.8 Å². The standard InChI is InChI=1S/C14H8F6O2/c15-11-6-5-8(21-13(16)17)7-10(11)9-3-1-2-4-12(9)22-14(18,19)20/h1-7,13H. The monoisotopic (exact) mass is 322 g/mol. The summed E-state index contributed by atoms with van der Waals surface area (Å²) in [7, 11) is 0. The van der Waals surface area contributed by atoms with Crippen LogP contribution >= 0.6 is 0 Å². The normalized spacial score (nSPS) is 11.6. The molecule has 2 rings (SSSR count). The van der Waals surface area contributed by atoms with Gasteiger partial charge in [0.15, 0.2) is 0 Å². The fourth-order valence-electron chi connectivity index (χ4n) is 1.79. The van der Waals surface area contributed by atoms with Crippen LogP contribution in [0.5, 0.6) is 11.5 Å². The minimum Gasteiger partial charge on any atom is -0.435 e. The number of benzene rings is 2. The van der Waals surface area contributed by atoms with Gasteiger partial charge in [0.05, 0.1) is 0 Å². The van der Waals surface area contributed by atoms with Gasteiger partial charge in [0.1, 0.15) is 17.3 Å². The van der Waals surface area contributed by atoms with Crippen molar-refractivity contribution in [3.63, 3.8) is 0 Å². The number of rotatable bonds is 4. The van der Waals surface area contributed by atoms with Crippen molar-refractivity contribution in [3.8, 4) is 22.6 Å². The number of para-hydroxylation sites is 1. The van der Waals surface area contributed by atoms with Gasteiger partial charge in [0.25, 0.3) is 0 Å². The Morgan fingerprint density at radius 1 is 0.909 bits per heavy atom. The van der Waals surface area contributed by atoms with E-state index in [1.54, 1.807) is 0 Å². The molecule has 0 heterocycles. The summed E-state index contributed by atoms with van der Waals surface area (Å²) in [5.74, 6) is -1.93. The van der Waals surface area contributed by atoms with Gasteiger partial charge in [0, 0.05) is 11.1 Å². The molecule has 0 saturated heterocycles. The number of alkyl halides is 5. The largest absolute Gasteiger partial charge is 0.573 e. The van der Waals surface area contributed by atoms with E-state index in [-0.39, 0.29) is 16.9 Å². The lowest BCUT2D eigenvalue weighted by Gasteiger charge is -2.14. The molecule has 0 aliphatic carbocycles. The molecule has 0 unspecified atom stereocenters. The highest BCUT2D eigenvalue weighted by atomic mass is 19.4. The van der Waals surface area contributed by atoms with Crippen molar-refractivity contribution in [2.75, 3.05) is 0 Å². The van der Waals surface area contributed by atoms with Crippen LogP contribution in [-0.4, -0.2) is 13.0 Å². The molecule has 0 aliphatic heterocycles. The maximum atomic E-state index is 13.8. The van der Waals surface area contributed by atoms with Crippen LogP contribution in [0.4, 0.5) is 26.3 Å². The Morgan fingerprint density at radius 2 is 1.59 bits per heavy atom. The lowest BCUT2D eigenvalue weighted by molar-refractivity contribution is -0.274. The summed E-state index contributed by atoms with van der Waals surface area (Å²) in [5, 5.41) is 0. The highest BCUT2D eigenvalue weighted by Gasteiger charge is 2.32. The molecule has 2 nitrogen and oxygen atoms in total. The zero-order chi connectivity index (χ0) is 16.3. The second-order valence-corrected chi connectivity index (χ2v) is 4.06. The molecule has 0 atom stereocenters. The zero-order valence-corrected chi connectivity index (χ0v) is 10.7. The third-order valence-corrected chi connectivity index (χ3v) is 2.57. The van der Waals surface area contributed by atoms with Gasteiger partial charge in [-0.05, 0) is 24.3 Å². The van der Waals surface area contributed by atoms with Gasteiger partial charge in [-0.1, -0.05) is 18.2 Å². The molecule has 0 spiro atoms. The summed E-state index contributed by atoms with van der Waals surface area (Å²) in [4.78, 5) is 0. The first kappa shape index (κ1) is 16.0. The van der Waals surface area contributed by atoms with Crippen molar-refractivity contribution in [1.82, 2.24) is 0 Å². The van der Waals surface area contributed by atoms with Gasteiger partial charge in [-0.2, -0.15) is 8.78 Å². The summed E-state index contributed by atoms with van der Waals surface area (Å²) in [5.41, 5.74) is -0.588. The quantitative estimate of drug-likeness (QED) is 0.738. The summed E-state index contributed by atoms with van der Waals surface area (Å²) in [6, 6.07) is 7.42. The zero-order valence-electron chi connectivity index (χ0n) is 10.7. The SMILES string of the molecule is Fc1ccc(OC(F)F)cc1-c1ccccc1OC(F)(F)F. The van der Waals surface area contributed by atoms with Gasteiger partial charge < -0.3 is 9.47 Å². The minimum absolute atomic E-state index is 0.239. The van der Waals surface area contributed by atoms with Crippen LogP contribution in [0.15, 0.2) is 42.5 Å². The fraction of sp³-hybridized carbons (Fsp3) is 0.143. The molecule has 0 radical (unpaired) electrons. The van der Waals surface area contributed by atoms with E-state index in [0.29, 0.717) is 0 Å². The molecule has 0 saturated carbocycles. The van der Waals surface area contributed by atoms with Crippen molar-refractivity contribution in [3.05, 3.63) is 48.3 Å². The minimum atomic E-state index is -4.97. The molecular weight excluding hydrogens is 314 g/mol. The van der Waals surface area contributed by atoms with E-state index in [1.807, 2.05) is 0 Å². The number of hydrogen-bond acceptors (Lipinski definition) is 2. The summed E-state index contributed by atoms with van der Waals surface area (Å²) in [6.45, 7) is -3.14. The topological polar surface area (TPSA) is 18.5 Å². The smallest absolute Gasteiger partial charge is 0.435 e. The Morgan fingerprint density at radius 3 is 2.23 bits per heavy atom. The van der Waals surface area contributed by atoms with Crippen LogP contribution < -0.4 is 9.47 Å². The lowest BCUT2D eigenvalue weighted by Crippen LogP contribution is -2.17. The van der Waals surface area contributed by atoms with E-state index in [2.05, 4.69) is 9.47 Å². The molecule has 2 aromatic carbocycles. The van der Waals surface area contributed by atoms with E-state index in [1.165, 1.54) is 18.2 Å². The van der Waals surface area contributed by atoms with Crippen LogP contribution in [0.2, 0.25) is 0 Å². The van der Waals surface area contributed by atoms with E-state index >= 15 is 0 Å². The van der Waals surface area contributed by atoms with Gasteiger partial charge in [-0.25, -0.2) is 4.39 Å². The third-order valence-electron chi connectivity index (χ3n) is 2.57. The highest BCUT2D eigenvalue weighted by molar-refractivity contribution is 5.72. The predicted molar refractivity (Wildman–Crippen MR) is 65.2 cm³/mol. The number of halogens is 6. The Balaban J connectivity index is 2.47. The number of ether oxygens (including phenoxy) is 2.